The van der Waals surface area contributed by atoms with E-state index in [1.54, 1.807) is 24.8 Å². The van der Waals surface area contributed by atoms with E-state index < -0.39 is 0 Å². The number of carbonyl (C=O) groups excluding carboxylic acids is 1. The smallest absolute Gasteiger partial charge is 0.251 e. The van der Waals surface area contributed by atoms with E-state index in [9.17, 15) is 4.79 Å². The molecule has 0 spiro atoms. The van der Waals surface area contributed by atoms with Crippen LogP contribution in [0.1, 0.15) is 21.5 Å². The third kappa shape index (κ3) is 5.05. The second kappa shape index (κ2) is 10.9. The number of morpholine rings is 1. The first-order valence-electron chi connectivity index (χ1n) is 12.9. The Morgan fingerprint density at radius 2 is 1.68 bits per heavy atom. The van der Waals surface area contributed by atoms with Gasteiger partial charge in [0.25, 0.3) is 5.91 Å². The molecule has 2 aliphatic heterocycles. The lowest BCUT2D eigenvalue weighted by molar-refractivity contribution is 0.0954. The van der Waals surface area contributed by atoms with Crippen LogP contribution in [0.3, 0.4) is 0 Å². The van der Waals surface area contributed by atoms with Crippen LogP contribution in [0, 0.1) is 0 Å². The number of anilines is 3. The minimum atomic E-state index is -0.0987. The first kappa shape index (κ1) is 24.0. The summed E-state index contributed by atoms with van der Waals surface area (Å²) in [5.74, 6) is 1.50. The molecule has 0 radical (unpaired) electrons. The SMILES string of the molecule is O=C(NCCc1ccncc1)c1cccc(-c2nc(N3CCOCC3)nc3c2CCN3c2ccncc2)c1. The van der Waals surface area contributed by atoms with Gasteiger partial charge in [0.05, 0.1) is 18.9 Å². The Kier molecular flexibility index (Phi) is 6.91. The maximum absolute atomic E-state index is 13.0. The Labute approximate surface area is 221 Å². The molecule has 1 fully saturated rings. The molecule has 1 N–H and O–H groups in total. The fraction of sp³-hybridized carbons (Fsp3) is 0.276. The Morgan fingerprint density at radius 1 is 0.921 bits per heavy atom. The van der Waals surface area contributed by atoms with E-state index in [1.807, 2.05) is 48.5 Å². The Bertz CT molecular complexity index is 1410. The number of pyridine rings is 2. The number of hydrogen-bond donors (Lipinski definition) is 1. The van der Waals surface area contributed by atoms with Gasteiger partial charge in [-0.25, -0.2) is 4.98 Å². The molecule has 2 aliphatic rings. The summed E-state index contributed by atoms with van der Waals surface area (Å²) in [6.45, 7) is 4.15. The van der Waals surface area contributed by atoms with Gasteiger partial charge in [0.2, 0.25) is 5.95 Å². The van der Waals surface area contributed by atoms with E-state index in [0.717, 1.165) is 66.4 Å². The largest absolute Gasteiger partial charge is 0.378 e. The van der Waals surface area contributed by atoms with Crippen molar-refractivity contribution >= 4 is 23.4 Å². The first-order valence-corrected chi connectivity index (χ1v) is 12.9. The average molecular weight is 508 g/mol. The molecule has 0 aliphatic carbocycles. The van der Waals surface area contributed by atoms with Crippen molar-refractivity contribution in [1.29, 1.82) is 0 Å². The van der Waals surface area contributed by atoms with Crippen LogP contribution in [0.4, 0.5) is 17.5 Å². The molecule has 0 bridgehead atoms. The number of hydrogen-bond acceptors (Lipinski definition) is 8. The van der Waals surface area contributed by atoms with Gasteiger partial charge in [-0.3, -0.25) is 14.8 Å². The number of rotatable bonds is 7. The fourth-order valence-corrected chi connectivity index (χ4v) is 4.94. The third-order valence-corrected chi connectivity index (χ3v) is 6.93. The quantitative estimate of drug-likeness (QED) is 0.407. The molecule has 0 saturated carbocycles. The monoisotopic (exact) mass is 507 g/mol. The summed E-state index contributed by atoms with van der Waals surface area (Å²) < 4.78 is 5.56. The summed E-state index contributed by atoms with van der Waals surface area (Å²) in [7, 11) is 0. The number of amides is 1. The van der Waals surface area contributed by atoms with E-state index in [2.05, 4.69) is 25.1 Å². The minimum absolute atomic E-state index is 0.0987. The van der Waals surface area contributed by atoms with Crippen molar-refractivity contribution in [3.8, 4) is 11.3 Å². The zero-order valence-corrected chi connectivity index (χ0v) is 21.1. The second-order valence-electron chi connectivity index (χ2n) is 9.32. The van der Waals surface area contributed by atoms with Crippen LogP contribution in [0.25, 0.3) is 11.3 Å². The van der Waals surface area contributed by atoms with Gasteiger partial charge in [-0.05, 0) is 54.8 Å². The molecule has 6 rings (SSSR count). The molecule has 0 atom stereocenters. The summed E-state index contributed by atoms with van der Waals surface area (Å²) >= 11 is 0. The zero-order valence-electron chi connectivity index (χ0n) is 21.1. The van der Waals surface area contributed by atoms with Gasteiger partial charge >= 0.3 is 0 Å². The molecular weight excluding hydrogens is 478 g/mol. The molecule has 9 nitrogen and oxygen atoms in total. The summed E-state index contributed by atoms with van der Waals surface area (Å²) in [4.78, 5) is 35.7. The van der Waals surface area contributed by atoms with Crippen molar-refractivity contribution in [2.75, 3.05) is 49.2 Å². The Balaban J connectivity index is 1.31. The molecule has 1 amide bonds. The van der Waals surface area contributed by atoms with E-state index in [1.165, 1.54) is 0 Å². The van der Waals surface area contributed by atoms with Crippen LogP contribution in [0.15, 0.2) is 73.3 Å². The van der Waals surface area contributed by atoms with Gasteiger partial charge in [-0.15, -0.1) is 0 Å². The van der Waals surface area contributed by atoms with Gasteiger partial charge in [0, 0.05) is 73.3 Å². The van der Waals surface area contributed by atoms with Gasteiger partial charge in [-0.2, -0.15) is 4.98 Å². The summed E-state index contributed by atoms with van der Waals surface area (Å²) in [6.07, 6.45) is 8.70. The molecule has 9 heteroatoms. The molecule has 4 aromatic rings. The zero-order chi connectivity index (χ0) is 25.7. The molecule has 5 heterocycles. The van der Waals surface area contributed by atoms with Crippen molar-refractivity contribution < 1.29 is 9.53 Å². The number of nitrogens with one attached hydrogen (secondary N) is 1. The van der Waals surface area contributed by atoms with E-state index in [-0.39, 0.29) is 5.91 Å². The predicted molar refractivity (Wildman–Crippen MR) is 146 cm³/mol. The summed E-state index contributed by atoms with van der Waals surface area (Å²) in [6, 6.07) is 15.7. The number of carbonyl (C=O) groups is 1. The van der Waals surface area contributed by atoms with E-state index in [0.29, 0.717) is 31.3 Å². The highest BCUT2D eigenvalue weighted by atomic mass is 16.5. The number of nitrogens with zero attached hydrogens (tertiary/aromatic N) is 6. The first-order chi connectivity index (χ1) is 18.8. The predicted octanol–water partition coefficient (Wildman–Crippen LogP) is 3.44. The van der Waals surface area contributed by atoms with E-state index in [4.69, 9.17) is 14.7 Å². The molecule has 1 saturated heterocycles. The molecule has 0 unspecified atom stereocenters. The van der Waals surface area contributed by atoms with E-state index >= 15 is 0 Å². The van der Waals surface area contributed by atoms with Crippen molar-refractivity contribution in [1.82, 2.24) is 25.3 Å². The number of aromatic nitrogens is 4. The van der Waals surface area contributed by atoms with Crippen molar-refractivity contribution in [3.05, 3.63) is 90.0 Å². The van der Waals surface area contributed by atoms with Crippen LogP contribution < -0.4 is 15.1 Å². The number of benzene rings is 1. The van der Waals surface area contributed by atoms with Gasteiger partial charge in [0.15, 0.2) is 0 Å². The normalized spacial score (nSPS) is 14.8. The highest BCUT2D eigenvalue weighted by molar-refractivity contribution is 5.95. The summed E-state index contributed by atoms with van der Waals surface area (Å²) in [5.41, 5.74) is 5.69. The van der Waals surface area contributed by atoms with Crippen LogP contribution in [-0.2, 0) is 17.6 Å². The lowest BCUT2D eigenvalue weighted by Crippen LogP contribution is -2.37. The Morgan fingerprint density at radius 3 is 2.47 bits per heavy atom. The van der Waals surface area contributed by atoms with Gasteiger partial charge in [0.1, 0.15) is 5.82 Å². The fourth-order valence-electron chi connectivity index (χ4n) is 4.94. The van der Waals surface area contributed by atoms with Crippen LogP contribution in [0.5, 0.6) is 0 Å². The van der Waals surface area contributed by atoms with Crippen molar-refractivity contribution in [2.24, 2.45) is 0 Å². The molecule has 3 aromatic heterocycles. The standard InChI is InChI=1S/C29H29N7O2/c37-28(32-14-6-21-4-10-30-11-5-21)23-3-1-2-22(20-23)26-25-9-15-36(24-7-12-31-13-8-24)27(25)34-29(33-26)35-16-18-38-19-17-35/h1-5,7-8,10-13,20H,6,9,14-19H2,(H,32,37). The average Bonchev–Trinajstić information content (AvgIpc) is 3.42. The second-order valence-corrected chi connectivity index (χ2v) is 9.32. The molecule has 192 valence electrons. The van der Waals surface area contributed by atoms with Gasteiger partial charge < -0.3 is 19.9 Å². The third-order valence-electron chi connectivity index (χ3n) is 6.93. The molecular formula is C29H29N7O2. The van der Waals surface area contributed by atoms with Crippen molar-refractivity contribution in [3.63, 3.8) is 0 Å². The highest BCUT2D eigenvalue weighted by Gasteiger charge is 2.29. The Hall–Kier alpha value is -4.37. The molecule has 1 aromatic carbocycles. The maximum Gasteiger partial charge on any atom is 0.251 e. The summed E-state index contributed by atoms with van der Waals surface area (Å²) in [5, 5.41) is 3.04. The van der Waals surface area contributed by atoms with Gasteiger partial charge in [-0.1, -0.05) is 12.1 Å². The van der Waals surface area contributed by atoms with Crippen LogP contribution >= 0.6 is 0 Å². The number of ether oxygens (including phenoxy) is 1. The lowest BCUT2D eigenvalue weighted by atomic mass is 10.0. The topological polar surface area (TPSA) is 96.4 Å². The number of fused-ring (bicyclic) bond motifs is 1. The maximum atomic E-state index is 13.0. The van der Waals surface area contributed by atoms with Crippen LogP contribution in [0.2, 0.25) is 0 Å². The van der Waals surface area contributed by atoms with Crippen LogP contribution in [-0.4, -0.2) is 65.2 Å². The highest BCUT2D eigenvalue weighted by Crippen LogP contribution is 2.39. The lowest BCUT2D eigenvalue weighted by Gasteiger charge is -2.28. The van der Waals surface area contributed by atoms with Crippen molar-refractivity contribution in [2.45, 2.75) is 12.8 Å². The minimum Gasteiger partial charge on any atom is -0.378 e. The molecule has 38 heavy (non-hydrogen) atoms.